The fourth-order valence-electron chi connectivity index (χ4n) is 6.75. The minimum Gasteiger partial charge on any atom is -0.508 e. The predicted octanol–water partition coefficient (Wildman–Crippen LogP) is 0.950. The summed E-state index contributed by atoms with van der Waals surface area (Å²) >= 11 is 0. The highest BCUT2D eigenvalue weighted by molar-refractivity contribution is 6.24. The Kier molecular flexibility index (Phi) is 6.17. The molecule has 3 aliphatic carbocycles. The van der Waals surface area contributed by atoms with E-state index in [-0.39, 0.29) is 23.3 Å². The summed E-state index contributed by atoms with van der Waals surface area (Å²) in [6.45, 7) is 2.33. The van der Waals surface area contributed by atoms with Crippen LogP contribution in [0.15, 0.2) is 29.0 Å². The normalized spacial score (nSPS) is 30.3. The molecule has 4 aliphatic rings. The SMILES string of the molecule is CN(C)C1C(=O)C(C(N)=O)=C(O)C2(O)C(=O)C3=C(O)c4c(ccc(CN5CCCCC5)c4O)CC3CC12. The smallest absolute Gasteiger partial charge is 0.255 e. The third-order valence-electron chi connectivity index (χ3n) is 8.52. The summed E-state index contributed by atoms with van der Waals surface area (Å²) < 4.78 is 0. The van der Waals surface area contributed by atoms with Gasteiger partial charge in [-0.15, -0.1) is 0 Å². The topological polar surface area (TPSA) is 165 Å². The number of likely N-dealkylation sites (N-methyl/N-ethyl adjacent to an activating group) is 1. The first-order valence-electron chi connectivity index (χ1n) is 12.7. The molecule has 5 rings (SSSR count). The van der Waals surface area contributed by atoms with Gasteiger partial charge in [0.2, 0.25) is 5.78 Å². The molecule has 4 atom stereocenters. The van der Waals surface area contributed by atoms with Crippen molar-refractivity contribution >= 4 is 23.2 Å². The number of hydrogen-bond acceptors (Lipinski definition) is 9. The summed E-state index contributed by atoms with van der Waals surface area (Å²) in [6, 6.07) is 2.59. The molecule has 1 amide bonds. The molecule has 1 aromatic rings. The van der Waals surface area contributed by atoms with Crippen LogP contribution in [0.5, 0.6) is 5.75 Å². The molecular formula is C27H33N3O7. The van der Waals surface area contributed by atoms with E-state index in [9.17, 15) is 34.8 Å². The number of nitrogens with two attached hydrogens (primary N) is 1. The van der Waals surface area contributed by atoms with Gasteiger partial charge in [-0.3, -0.25) is 24.2 Å². The highest BCUT2D eigenvalue weighted by Crippen LogP contribution is 2.52. The summed E-state index contributed by atoms with van der Waals surface area (Å²) in [5.74, 6) is -6.27. The number of ketones is 2. The maximum Gasteiger partial charge on any atom is 0.255 e. The molecule has 37 heavy (non-hydrogen) atoms. The number of benzene rings is 1. The van der Waals surface area contributed by atoms with Crippen LogP contribution in [0.3, 0.4) is 0 Å². The zero-order valence-electron chi connectivity index (χ0n) is 21.0. The van der Waals surface area contributed by atoms with Gasteiger partial charge in [-0.25, -0.2) is 0 Å². The van der Waals surface area contributed by atoms with E-state index in [2.05, 4.69) is 4.90 Å². The second kappa shape index (κ2) is 8.97. The molecule has 1 saturated carbocycles. The van der Waals surface area contributed by atoms with E-state index in [1.165, 1.54) is 11.3 Å². The van der Waals surface area contributed by atoms with Gasteiger partial charge in [-0.2, -0.15) is 0 Å². The first kappa shape index (κ1) is 25.4. The monoisotopic (exact) mass is 511 g/mol. The Balaban J connectivity index is 1.62. The molecule has 1 saturated heterocycles. The van der Waals surface area contributed by atoms with E-state index in [1.54, 1.807) is 14.1 Å². The Morgan fingerprint density at radius 2 is 1.81 bits per heavy atom. The molecule has 1 aliphatic heterocycles. The summed E-state index contributed by atoms with van der Waals surface area (Å²) in [4.78, 5) is 42.8. The lowest BCUT2D eigenvalue weighted by Crippen LogP contribution is -2.65. The number of rotatable bonds is 4. The van der Waals surface area contributed by atoms with Gasteiger partial charge in [0.15, 0.2) is 11.4 Å². The number of aliphatic hydroxyl groups excluding tert-OH is 2. The number of carbonyl (C=O) groups excluding carboxylic acids is 3. The van der Waals surface area contributed by atoms with Gasteiger partial charge in [-0.05, 0) is 64.3 Å². The molecule has 10 heteroatoms. The van der Waals surface area contributed by atoms with Crippen molar-refractivity contribution in [1.29, 1.82) is 0 Å². The van der Waals surface area contributed by atoms with Crippen molar-refractivity contribution in [2.24, 2.45) is 17.6 Å². The van der Waals surface area contributed by atoms with Crippen molar-refractivity contribution in [3.8, 4) is 5.75 Å². The van der Waals surface area contributed by atoms with Crippen LogP contribution >= 0.6 is 0 Å². The molecule has 0 radical (unpaired) electrons. The standard InChI is InChI=1S/C27H33N3O7/c1-29(2)20-16-11-15-10-13-6-7-14(12-30-8-4-3-5-9-30)21(31)17(13)22(32)18(15)24(34)27(16,37)25(35)19(23(20)33)26(28)36/h6-7,15-16,20,31-32,35,37H,3-5,8-12H2,1-2H3,(H2,28,36). The van der Waals surface area contributed by atoms with Crippen molar-refractivity contribution in [3.63, 3.8) is 0 Å². The first-order valence-corrected chi connectivity index (χ1v) is 12.7. The Morgan fingerprint density at radius 1 is 1.14 bits per heavy atom. The van der Waals surface area contributed by atoms with E-state index in [0.29, 0.717) is 24.1 Å². The van der Waals surface area contributed by atoms with Gasteiger partial charge in [0.1, 0.15) is 22.8 Å². The number of aliphatic hydroxyl groups is 3. The summed E-state index contributed by atoms with van der Waals surface area (Å²) in [5, 5.41) is 45.1. The molecule has 0 bridgehead atoms. The minimum absolute atomic E-state index is 0.0854. The predicted molar refractivity (Wildman–Crippen MR) is 133 cm³/mol. The summed E-state index contributed by atoms with van der Waals surface area (Å²) in [5.41, 5.74) is 3.22. The maximum atomic E-state index is 13.9. The zero-order chi connectivity index (χ0) is 26.8. The number of Topliss-reactive ketones (excluding diaryl/α,β-unsaturated/α-hetero) is 2. The molecule has 1 heterocycles. The number of phenolic OH excluding ortho intramolecular Hbond substituents is 1. The van der Waals surface area contributed by atoms with Crippen molar-refractivity contribution < 1.29 is 34.8 Å². The summed E-state index contributed by atoms with van der Waals surface area (Å²) in [7, 11) is 3.16. The van der Waals surface area contributed by atoms with Crippen LogP contribution in [0.2, 0.25) is 0 Å². The fourth-order valence-corrected chi connectivity index (χ4v) is 6.75. The number of likely N-dealkylation sites (tertiary alicyclic amines) is 1. The highest BCUT2D eigenvalue weighted by atomic mass is 16.3. The molecule has 0 spiro atoms. The van der Waals surface area contributed by atoms with E-state index < -0.39 is 58.0 Å². The molecular weight excluding hydrogens is 478 g/mol. The number of primary amides is 1. The maximum absolute atomic E-state index is 13.9. The van der Waals surface area contributed by atoms with Crippen LogP contribution in [0, 0.1) is 11.8 Å². The quantitative estimate of drug-likeness (QED) is 0.370. The van der Waals surface area contributed by atoms with Crippen LogP contribution in [0.4, 0.5) is 0 Å². The van der Waals surface area contributed by atoms with E-state index >= 15 is 0 Å². The minimum atomic E-state index is -2.62. The van der Waals surface area contributed by atoms with Crippen molar-refractivity contribution in [1.82, 2.24) is 9.80 Å². The number of hydrogen-bond donors (Lipinski definition) is 5. The number of carbonyl (C=O) groups is 3. The van der Waals surface area contributed by atoms with E-state index in [1.807, 2.05) is 12.1 Å². The van der Waals surface area contributed by atoms with Crippen molar-refractivity contribution in [3.05, 3.63) is 45.7 Å². The van der Waals surface area contributed by atoms with Crippen LogP contribution in [-0.4, -0.2) is 86.5 Å². The number of piperidine rings is 1. The third kappa shape index (κ3) is 3.69. The molecule has 4 unspecified atom stereocenters. The van der Waals surface area contributed by atoms with Gasteiger partial charge in [-0.1, -0.05) is 18.6 Å². The molecule has 2 fully saturated rings. The number of nitrogens with zero attached hydrogens (tertiary/aromatic N) is 2. The lowest BCUT2D eigenvalue weighted by molar-refractivity contribution is -0.153. The Labute approximate surface area is 214 Å². The lowest BCUT2D eigenvalue weighted by atomic mass is 9.57. The van der Waals surface area contributed by atoms with Crippen LogP contribution in [0.25, 0.3) is 5.76 Å². The fraction of sp³-hybridized carbons (Fsp3) is 0.519. The number of phenols is 1. The molecule has 10 nitrogen and oxygen atoms in total. The van der Waals surface area contributed by atoms with Gasteiger partial charge in [0, 0.05) is 23.6 Å². The lowest BCUT2D eigenvalue weighted by Gasteiger charge is -2.50. The molecule has 1 aromatic carbocycles. The molecule has 6 N–H and O–H groups in total. The van der Waals surface area contributed by atoms with Crippen molar-refractivity contribution in [2.45, 2.75) is 50.3 Å². The first-order chi connectivity index (χ1) is 17.5. The Hall–Kier alpha value is -3.21. The molecule has 198 valence electrons. The van der Waals surface area contributed by atoms with E-state index in [0.717, 1.165) is 25.9 Å². The van der Waals surface area contributed by atoms with Gasteiger partial charge in [0.25, 0.3) is 5.91 Å². The largest absolute Gasteiger partial charge is 0.508 e. The Morgan fingerprint density at radius 3 is 2.43 bits per heavy atom. The Bertz CT molecular complexity index is 1260. The highest BCUT2D eigenvalue weighted by Gasteiger charge is 2.64. The van der Waals surface area contributed by atoms with Crippen LogP contribution < -0.4 is 5.73 Å². The molecule has 0 aromatic heterocycles. The third-order valence-corrected chi connectivity index (χ3v) is 8.52. The average molecular weight is 512 g/mol. The van der Waals surface area contributed by atoms with Gasteiger partial charge < -0.3 is 26.2 Å². The second-order valence-corrected chi connectivity index (χ2v) is 10.9. The number of aromatic hydroxyl groups is 1. The van der Waals surface area contributed by atoms with Crippen LogP contribution in [0.1, 0.15) is 42.4 Å². The van der Waals surface area contributed by atoms with Crippen molar-refractivity contribution in [2.75, 3.05) is 27.2 Å². The second-order valence-electron chi connectivity index (χ2n) is 10.9. The van der Waals surface area contributed by atoms with E-state index in [4.69, 9.17) is 5.73 Å². The van der Waals surface area contributed by atoms with Crippen LogP contribution in [-0.2, 0) is 27.3 Å². The number of amides is 1. The zero-order valence-corrected chi connectivity index (χ0v) is 21.0. The average Bonchev–Trinajstić information content (AvgIpc) is 2.83. The van der Waals surface area contributed by atoms with Gasteiger partial charge in [0.05, 0.1) is 11.6 Å². The summed E-state index contributed by atoms with van der Waals surface area (Å²) in [6.07, 6.45) is 3.72. The van der Waals surface area contributed by atoms with Gasteiger partial charge >= 0.3 is 0 Å². The number of fused-ring (bicyclic) bond motifs is 3.